The lowest BCUT2D eigenvalue weighted by Crippen LogP contribution is -2.67. The number of nitrogens with one attached hydrogen (secondary N) is 1. The zero-order chi connectivity index (χ0) is 14.7. The Kier molecular flexibility index (Phi) is 4.39. The minimum absolute atomic E-state index is 0.405. The highest BCUT2D eigenvalue weighted by molar-refractivity contribution is 5.89. The molecule has 0 aromatic carbocycles. The van der Waals surface area contributed by atoms with Gasteiger partial charge in [0.2, 0.25) is 5.91 Å². The van der Waals surface area contributed by atoms with Gasteiger partial charge in [-0.3, -0.25) is 4.79 Å². The number of hydrogen-bond acceptors (Lipinski definition) is 4. The standard InChI is InChI=1S/C9H14N2O.C4H4O4/c12-9(6-1-2-6)11-4-7-3-8(5-11)10-7;5-3(6)1-2-4(7)8/h6-8,10H,1-5H2;1-2H,(H,5,6)(H,7,8)/b;2-1-. The van der Waals surface area contributed by atoms with Crippen LogP contribution in [0.3, 0.4) is 0 Å². The van der Waals surface area contributed by atoms with Crippen molar-refractivity contribution in [2.24, 2.45) is 5.92 Å². The number of rotatable bonds is 3. The maximum atomic E-state index is 11.6. The molecular weight excluding hydrogens is 264 g/mol. The molecule has 0 radical (unpaired) electrons. The highest BCUT2D eigenvalue weighted by Crippen LogP contribution is 2.33. The molecule has 4 aliphatic rings. The van der Waals surface area contributed by atoms with Crippen LogP contribution in [0, 0.1) is 5.92 Å². The van der Waals surface area contributed by atoms with Gasteiger partial charge in [0.1, 0.15) is 0 Å². The molecule has 7 nitrogen and oxygen atoms in total. The third-order valence-corrected chi connectivity index (χ3v) is 3.53. The van der Waals surface area contributed by atoms with Crippen LogP contribution >= 0.6 is 0 Å². The first kappa shape index (κ1) is 14.5. The SMILES string of the molecule is O=C(C1CC1)N1CC2CC(C1)N2.O=C(O)/C=C\C(=O)O. The number of carboxylic acid groups (broad SMARTS) is 2. The van der Waals surface area contributed by atoms with Crippen LogP contribution in [0.15, 0.2) is 12.2 Å². The second-order valence-electron chi connectivity index (χ2n) is 5.32. The van der Waals surface area contributed by atoms with Gasteiger partial charge in [0.25, 0.3) is 0 Å². The summed E-state index contributed by atoms with van der Waals surface area (Å²) in [5, 5.41) is 19.1. The van der Waals surface area contributed by atoms with Gasteiger partial charge in [0, 0.05) is 43.2 Å². The lowest BCUT2D eigenvalue weighted by atomic mass is 9.91. The predicted molar refractivity (Wildman–Crippen MR) is 69.0 cm³/mol. The van der Waals surface area contributed by atoms with Crippen molar-refractivity contribution in [1.29, 1.82) is 0 Å². The van der Waals surface area contributed by atoms with Crippen LogP contribution in [0.5, 0.6) is 0 Å². The van der Waals surface area contributed by atoms with Gasteiger partial charge in [-0.05, 0) is 19.3 Å². The molecule has 1 saturated carbocycles. The quantitative estimate of drug-likeness (QED) is 0.612. The van der Waals surface area contributed by atoms with Crippen molar-refractivity contribution in [3.8, 4) is 0 Å². The Bertz CT molecular complexity index is 412. The fourth-order valence-electron chi connectivity index (χ4n) is 2.42. The molecule has 1 amide bonds. The molecule has 0 aromatic heterocycles. The fraction of sp³-hybridized carbons (Fsp3) is 0.615. The average molecular weight is 282 g/mol. The van der Waals surface area contributed by atoms with E-state index in [0.717, 1.165) is 25.9 Å². The van der Waals surface area contributed by atoms with E-state index in [1.54, 1.807) is 0 Å². The molecule has 0 aromatic rings. The number of piperazine rings is 1. The number of nitrogens with zero attached hydrogens (tertiary/aromatic N) is 1. The molecule has 2 unspecified atom stereocenters. The molecule has 4 fully saturated rings. The molecule has 3 N–H and O–H groups in total. The number of aliphatic carboxylic acids is 2. The van der Waals surface area contributed by atoms with Gasteiger partial charge in [0.05, 0.1) is 0 Å². The van der Waals surface area contributed by atoms with Crippen molar-refractivity contribution < 1.29 is 24.6 Å². The van der Waals surface area contributed by atoms with E-state index in [1.807, 2.05) is 0 Å². The summed E-state index contributed by atoms with van der Waals surface area (Å²) < 4.78 is 0. The Hall–Kier alpha value is -1.89. The zero-order valence-electron chi connectivity index (χ0n) is 11.0. The van der Waals surface area contributed by atoms with Gasteiger partial charge in [-0.15, -0.1) is 0 Å². The van der Waals surface area contributed by atoms with Crippen molar-refractivity contribution in [1.82, 2.24) is 10.2 Å². The van der Waals surface area contributed by atoms with Crippen LogP contribution in [0.2, 0.25) is 0 Å². The Labute approximate surface area is 116 Å². The van der Waals surface area contributed by atoms with Crippen LogP contribution in [0.25, 0.3) is 0 Å². The second kappa shape index (κ2) is 6.04. The van der Waals surface area contributed by atoms with Crippen molar-refractivity contribution in [3.63, 3.8) is 0 Å². The first-order valence-corrected chi connectivity index (χ1v) is 6.64. The van der Waals surface area contributed by atoms with E-state index < -0.39 is 11.9 Å². The van der Waals surface area contributed by atoms with E-state index in [1.165, 1.54) is 6.42 Å². The Balaban J connectivity index is 0.000000163. The molecule has 3 heterocycles. The maximum Gasteiger partial charge on any atom is 0.328 e. The topological polar surface area (TPSA) is 107 Å². The molecule has 4 rings (SSSR count). The summed E-state index contributed by atoms with van der Waals surface area (Å²) in [5.74, 6) is -1.69. The van der Waals surface area contributed by atoms with E-state index in [2.05, 4.69) is 10.2 Å². The summed E-state index contributed by atoms with van der Waals surface area (Å²) in [6.07, 6.45) is 4.68. The summed E-state index contributed by atoms with van der Waals surface area (Å²) >= 11 is 0. The number of hydrogen-bond donors (Lipinski definition) is 3. The lowest BCUT2D eigenvalue weighted by molar-refractivity contribution is -0.136. The Morgan fingerprint density at radius 1 is 1.00 bits per heavy atom. The van der Waals surface area contributed by atoms with Crippen molar-refractivity contribution >= 4 is 17.8 Å². The molecule has 3 aliphatic heterocycles. The van der Waals surface area contributed by atoms with Crippen LogP contribution in [0.1, 0.15) is 19.3 Å². The van der Waals surface area contributed by atoms with Crippen LogP contribution in [-0.2, 0) is 14.4 Å². The molecular formula is C13H18N2O5. The number of carboxylic acids is 2. The first-order chi connectivity index (χ1) is 9.45. The predicted octanol–water partition coefficient (Wildman–Crippen LogP) is -0.319. The number of carbonyl (C=O) groups excluding carboxylic acids is 1. The molecule has 0 spiro atoms. The number of amides is 1. The third kappa shape index (κ3) is 4.06. The molecule has 3 saturated heterocycles. The molecule has 2 bridgehead atoms. The van der Waals surface area contributed by atoms with Crippen LogP contribution < -0.4 is 5.32 Å². The fourth-order valence-corrected chi connectivity index (χ4v) is 2.42. The highest BCUT2D eigenvalue weighted by atomic mass is 16.4. The summed E-state index contributed by atoms with van der Waals surface area (Å²) in [6, 6.07) is 1.23. The number of carbonyl (C=O) groups is 3. The van der Waals surface area contributed by atoms with E-state index in [-0.39, 0.29) is 0 Å². The van der Waals surface area contributed by atoms with E-state index in [4.69, 9.17) is 10.2 Å². The van der Waals surface area contributed by atoms with Gasteiger partial charge in [-0.1, -0.05) is 0 Å². The van der Waals surface area contributed by atoms with Crippen molar-refractivity contribution in [2.75, 3.05) is 13.1 Å². The minimum atomic E-state index is -1.26. The normalized spacial score (nSPS) is 27.3. The van der Waals surface area contributed by atoms with Gasteiger partial charge < -0.3 is 20.4 Å². The maximum absolute atomic E-state index is 11.6. The summed E-state index contributed by atoms with van der Waals surface area (Å²) in [4.78, 5) is 32.8. The largest absolute Gasteiger partial charge is 0.478 e. The smallest absolute Gasteiger partial charge is 0.328 e. The monoisotopic (exact) mass is 282 g/mol. The highest BCUT2D eigenvalue weighted by Gasteiger charge is 2.42. The third-order valence-electron chi connectivity index (χ3n) is 3.53. The second-order valence-corrected chi connectivity index (χ2v) is 5.32. The van der Waals surface area contributed by atoms with Gasteiger partial charge in [-0.2, -0.15) is 0 Å². The summed E-state index contributed by atoms with van der Waals surface area (Å²) in [5.41, 5.74) is 0. The summed E-state index contributed by atoms with van der Waals surface area (Å²) in [6.45, 7) is 1.93. The van der Waals surface area contributed by atoms with Crippen LogP contribution in [0.4, 0.5) is 0 Å². The molecule has 20 heavy (non-hydrogen) atoms. The Morgan fingerprint density at radius 2 is 1.45 bits per heavy atom. The van der Waals surface area contributed by atoms with Gasteiger partial charge in [0.15, 0.2) is 0 Å². The van der Waals surface area contributed by atoms with E-state index in [0.29, 0.717) is 36.1 Å². The lowest BCUT2D eigenvalue weighted by Gasteiger charge is -2.48. The number of piperidine rings is 1. The molecule has 110 valence electrons. The molecule has 2 atom stereocenters. The van der Waals surface area contributed by atoms with Crippen molar-refractivity contribution in [2.45, 2.75) is 31.3 Å². The van der Waals surface area contributed by atoms with Gasteiger partial charge in [-0.25, -0.2) is 9.59 Å². The average Bonchev–Trinajstić information content (AvgIpc) is 3.20. The minimum Gasteiger partial charge on any atom is -0.478 e. The van der Waals surface area contributed by atoms with Crippen molar-refractivity contribution in [3.05, 3.63) is 12.2 Å². The van der Waals surface area contributed by atoms with E-state index in [9.17, 15) is 14.4 Å². The van der Waals surface area contributed by atoms with Crippen LogP contribution in [-0.4, -0.2) is 58.1 Å². The first-order valence-electron chi connectivity index (χ1n) is 6.64. The molecule has 7 heteroatoms. The van der Waals surface area contributed by atoms with E-state index >= 15 is 0 Å². The Morgan fingerprint density at radius 3 is 1.80 bits per heavy atom. The molecule has 1 aliphatic carbocycles. The van der Waals surface area contributed by atoms with Gasteiger partial charge >= 0.3 is 11.9 Å². The summed E-state index contributed by atoms with van der Waals surface area (Å²) in [7, 11) is 0. The zero-order valence-corrected chi connectivity index (χ0v) is 11.0. The number of fused-ring (bicyclic) bond motifs is 2.